The second-order valence-electron chi connectivity index (χ2n) is 5.24. The van der Waals surface area contributed by atoms with Gasteiger partial charge in [-0.05, 0) is 24.6 Å². The molecule has 0 spiro atoms. The number of azide groups is 1. The quantitative estimate of drug-likeness (QED) is 0.384. The average molecular weight is 335 g/mol. The van der Waals surface area contributed by atoms with Crippen LogP contribution in [0.25, 0.3) is 10.4 Å². The number of carbonyl (C=O) groups is 2. The summed E-state index contributed by atoms with van der Waals surface area (Å²) in [5.74, 6) is -1.39. The number of benzene rings is 1. The summed E-state index contributed by atoms with van der Waals surface area (Å²) >= 11 is 0. The van der Waals surface area contributed by atoms with E-state index in [1.807, 2.05) is 0 Å². The normalized spacial score (nSPS) is 29.2. The van der Waals surface area contributed by atoms with Gasteiger partial charge < -0.3 is 19.3 Å². The number of esters is 2. The topological polar surface area (TPSA) is 131 Å². The van der Waals surface area contributed by atoms with Crippen molar-refractivity contribution in [3.05, 3.63) is 46.3 Å². The van der Waals surface area contributed by atoms with Crippen LogP contribution in [0.3, 0.4) is 0 Å². The van der Waals surface area contributed by atoms with Crippen LogP contribution in [0.2, 0.25) is 0 Å². The number of ether oxygens (including phenoxy) is 3. The van der Waals surface area contributed by atoms with E-state index in [-0.39, 0.29) is 5.56 Å². The molecular weight excluding hydrogens is 318 g/mol. The second kappa shape index (κ2) is 7.78. The molecule has 0 radical (unpaired) electrons. The summed E-state index contributed by atoms with van der Waals surface area (Å²) in [4.78, 5) is 26.3. The third-order valence-electron chi connectivity index (χ3n) is 3.52. The van der Waals surface area contributed by atoms with Crippen LogP contribution in [0.5, 0.6) is 0 Å². The van der Waals surface area contributed by atoms with Gasteiger partial charge >= 0.3 is 11.9 Å². The molecule has 1 heterocycles. The third kappa shape index (κ3) is 4.02. The van der Waals surface area contributed by atoms with Crippen LogP contribution in [0.1, 0.15) is 24.2 Å². The molecule has 1 unspecified atom stereocenters. The van der Waals surface area contributed by atoms with Gasteiger partial charge in [-0.1, -0.05) is 23.3 Å². The fraction of sp³-hybridized carbons (Fsp3) is 0.467. The standard InChI is InChI=1S/C15H17N3O6/c1-8-11(17-18-16)12(13(15(21)22-8)23-9(2)19)24-14(20)10-6-4-3-5-7-10/h3-8,11-13,15,21H,1-2H3/t8-,11-,12+,13-,15?/m1/s1. The van der Waals surface area contributed by atoms with Crippen LogP contribution in [0.4, 0.5) is 0 Å². The van der Waals surface area contributed by atoms with Crippen molar-refractivity contribution in [1.82, 2.24) is 0 Å². The SMILES string of the molecule is CC(=O)O[C@H]1C(O)O[C@H](C)[C@@H](N=[N+]=[N-])[C@@H]1OC(=O)c1ccccc1. The molecule has 0 bridgehead atoms. The van der Waals surface area contributed by atoms with Crippen LogP contribution in [0, 0.1) is 0 Å². The molecular formula is C15H17N3O6. The van der Waals surface area contributed by atoms with E-state index in [9.17, 15) is 14.7 Å². The van der Waals surface area contributed by atoms with Gasteiger partial charge in [-0.2, -0.15) is 0 Å². The molecule has 1 aromatic rings. The highest BCUT2D eigenvalue weighted by atomic mass is 16.7. The number of hydrogen-bond acceptors (Lipinski definition) is 7. The first kappa shape index (κ1) is 17.7. The smallest absolute Gasteiger partial charge is 0.338 e. The van der Waals surface area contributed by atoms with Crippen molar-refractivity contribution >= 4 is 11.9 Å². The van der Waals surface area contributed by atoms with E-state index in [1.165, 1.54) is 0 Å². The number of carbonyl (C=O) groups excluding carboxylic acids is 2. The average Bonchev–Trinajstić information content (AvgIpc) is 2.55. The number of nitrogens with zero attached hydrogens (tertiary/aromatic N) is 3. The highest BCUT2D eigenvalue weighted by Gasteiger charge is 2.48. The fourth-order valence-electron chi connectivity index (χ4n) is 2.44. The summed E-state index contributed by atoms with van der Waals surface area (Å²) in [5.41, 5.74) is 9.00. The first-order chi connectivity index (χ1) is 11.4. The van der Waals surface area contributed by atoms with E-state index in [2.05, 4.69) is 10.0 Å². The molecule has 128 valence electrons. The predicted octanol–water partition coefficient (Wildman–Crippen LogP) is 1.56. The Morgan fingerprint density at radius 1 is 1.25 bits per heavy atom. The molecule has 9 nitrogen and oxygen atoms in total. The summed E-state index contributed by atoms with van der Waals surface area (Å²) in [6.07, 6.45) is -4.74. The van der Waals surface area contributed by atoms with Gasteiger partial charge in [0.15, 0.2) is 18.5 Å². The monoisotopic (exact) mass is 335 g/mol. The van der Waals surface area contributed by atoms with E-state index in [1.54, 1.807) is 37.3 Å². The molecule has 1 fully saturated rings. The Hall–Kier alpha value is -2.61. The lowest BCUT2D eigenvalue weighted by molar-refractivity contribution is -0.256. The maximum Gasteiger partial charge on any atom is 0.338 e. The van der Waals surface area contributed by atoms with Crippen molar-refractivity contribution in [2.24, 2.45) is 5.11 Å². The van der Waals surface area contributed by atoms with Crippen LogP contribution in [0.15, 0.2) is 35.4 Å². The van der Waals surface area contributed by atoms with Gasteiger partial charge in [-0.3, -0.25) is 4.79 Å². The van der Waals surface area contributed by atoms with Gasteiger partial charge in [-0.15, -0.1) is 0 Å². The Balaban J connectivity index is 2.30. The summed E-state index contributed by atoms with van der Waals surface area (Å²) in [5, 5.41) is 13.6. The summed E-state index contributed by atoms with van der Waals surface area (Å²) in [6.45, 7) is 2.69. The molecule has 1 aliphatic heterocycles. The molecule has 1 saturated heterocycles. The van der Waals surface area contributed by atoms with Crippen LogP contribution >= 0.6 is 0 Å². The lowest BCUT2D eigenvalue weighted by atomic mass is 9.97. The summed E-state index contributed by atoms with van der Waals surface area (Å²) in [7, 11) is 0. The minimum Gasteiger partial charge on any atom is -0.454 e. The van der Waals surface area contributed by atoms with Gasteiger partial charge in [-0.25, -0.2) is 4.79 Å². The van der Waals surface area contributed by atoms with Crippen molar-refractivity contribution in [2.75, 3.05) is 0 Å². The first-order valence-electron chi connectivity index (χ1n) is 7.25. The molecule has 5 atom stereocenters. The minimum atomic E-state index is -1.51. The zero-order valence-electron chi connectivity index (χ0n) is 13.1. The molecule has 1 N–H and O–H groups in total. The predicted molar refractivity (Wildman–Crippen MR) is 80.7 cm³/mol. The lowest BCUT2D eigenvalue weighted by Crippen LogP contribution is -2.58. The molecule has 24 heavy (non-hydrogen) atoms. The minimum absolute atomic E-state index is 0.271. The third-order valence-corrected chi connectivity index (χ3v) is 3.52. The van der Waals surface area contributed by atoms with E-state index in [4.69, 9.17) is 19.7 Å². The summed E-state index contributed by atoms with van der Waals surface area (Å²) < 4.78 is 15.6. The highest BCUT2D eigenvalue weighted by molar-refractivity contribution is 5.89. The number of hydrogen-bond donors (Lipinski definition) is 1. The molecule has 0 aliphatic carbocycles. The van der Waals surface area contributed by atoms with Crippen molar-refractivity contribution < 1.29 is 28.9 Å². The van der Waals surface area contributed by atoms with E-state index in [0.717, 1.165) is 6.92 Å². The number of aliphatic hydroxyl groups is 1. The molecule has 0 saturated carbocycles. The molecule has 1 aromatic carbocycles. The Kier molecular flexibility index (Phi) is 5.75. The van der Waals surface area contributed by atoms with Crippen molar-refractivity contribution in [1.29, 1.82) is 0 Å². The number of rotatable bonds is 4. The van der Waals surface area contributed by atoms with Crippen LogP contribution in [-0.4, -0.2) is 47.7 Å². The zero-order chi connectivity index (χ0) is 17.7. The summed E-state index contributed by atoms with van der Waals surface area (Å²) in [6, 6.07) is 7.19. The van der Waals surface area contributed by atoms with Crippen LogP contribution in [-0.2, 0) is 19.0 Å². The molecule has 9 heteroatoms. The van der Waals surface area contributed by atoms with Crippen molar-refractivity contribution in [3.8, 4) is 0 Å². The Labute approximate surface area is 137 Å². The van der Waals surface area contributed by atoms with Gasteiger partial charge in [0.05, 0.1) is 11.7 Å². The van der Waals surface area contributed by atoms with E-state index in [0.29, 0.717) is 0 Å². The largest absolute Gasteiger partial charge is 0.454 e. The van der Waals surface area contributed by atoms with Crippen molar-refractivity contribution in [3.63, 3.8) is 0 Å². The maximum absolute atomic E-state index is 12.3. The maximum atomic E-state index is 12.3. The first-order valence-corrected chi connectivity index (χ1v) is 7.25. The Bertz CT molecular complexity index is 646. The molecule has 1 aliphatic rings. The lowest BCUT2D eigenvalue weighted by Gasteiger charge is -2.40. The Morgan fingerprint density at radius 2 is 1.92 bits per heavy atom. The number of aliphatic hydroxyl groups excluding tert-OH is 1. The van der Waals surface area contributed by atoms with Gasteiger partial charge in [0.25, 0.3) is 0 Å². The van der Waals surface area contributed by atoms with Gasteiger partial charge in [0, 0.05) is 11.8 Å². The highest BCUT2D eigenvalue weighted by Crippen LogP contribution is 2.28. The van der Waals surface area contributed by atoms with E-state index < -0.39 is 42.6 Å². The Morgan fingerprint density at radius 3 is 2.50 bits per heavy atom. The zero-order valence-corrected chi connectivity index (χ0v) is 13.1. The van der Waals surface area contributed by atoms with Crippen molar-refractivity contribution in [2.45, 2.75) is 44.5 Å². The molecule has 0 amide bonds. The van der Waals surface area contributed by atoms with Gasteiger partial charge in [0.1, 0.15) is 6.04 Å². The van der Waals surface area contributed by atoms with Crippen LogP contribution < -0.4 is 0 Å². The van der Waals surface area contributed by atoms with Gasteiger partial charge in [0.2, 0.25) is 0 Å². The van der Waals surface area contributed by atoms with E-state index >= 15 is 0 Å². The molecule has 2 rings (SSSR count). The fourth-order valence-corrected chi connectivity index (χ4v) is 2.44. The second-order valence-corrected chi connectivity index (χ2v) is 5.24. The molecule has 0 aromatic heterocycles.